The zero-order valence-corrected chi connectivity index (χ0v) is 17.3. The van der Waals surface area contributed by atoms with Gasteiger partial charge in [-0.2, -0.15) is 0 Å². The van der Waals surface area contributed by atoms with E-state index < -0.39 is 0 Å². The first-order valence-electron chi connectivity index (χ1n) is 10.1. The van der Waals surface area contributed by atoms with E-state index in [1.54, 1.807) is 48.5 Å². The molecule has 0 fully saturated rings. The number of hydrogen-bond acceptors (Lipinski definition) is 5. The minimum Gasteiger partial charge on any atom is -0.459 e. The first kappa shape index (κ1) is 20.3. The van der Waals surface area contributed by atoms with E-state index in [1.165, 1.54) is 6.26 Å². The summed E-state index contributed by atoms with van der Waals surface area (Å²) in [4.78, 5) is 34.3. The van der Waals surface area contributed by atoms with Crippen LogP contribution >= 0.6 is 0 Å². The fourth-order valence-corrected chi connectivity index (χ4v) is 3.31. The van der Waals surface area contributed by atoms with Gasteiger partial charge in [0.15, 0.2) is 5.76 Å². The third-order valence-electron chi connectivity index (χ3n) is 4.87. The molecule has 2 amide bonds. The molecule has 0 aliphatic heterocycles. The van der Waals surface area contributed by atoms with Crippen LogP contribution in [0.5, 0.6) is 0 Å². The van der Waals surface area contributed by atoms with Gasteiger partial charge in [-0.1, -0.05) is 19.9 Å². The molecule has 2 aromatic heterocycles. The maximum Gasteiger partial charge on any atom is 0.291 e. The Hall–Kier alpha value is -4.00. The Morgan fingerprint density at radius 3 is 2.13 bits per heavy atom. The van der Waals surface area contributed by atoms with Gasteiger partial charge in [-0.15, -0.1) is 0 Å². The van der Waals surface area contributed by atoms with Crippen molar-refractivity contribution in [1.29, 1.82) is 0 Å². The normalized spacial score (nSPS) is 10.8. The molecule has 2 N–H and O–H groups in total. The molecule has 0 saturated heterocycles. The van der Waals surface area contributed by atoms with Gasteiger partial charge < -0.3 is 15.1 Å². The van der Waals surface area contributed by atoms with E-state index in [0.29, 0.717) is 22.5 Å². The quantitative estimate of drug-likeness (QED) is 0.470. The lowest BCUT2D eigenvalue weighted by atomic mass is 10.1. The van der Waals surface area contributed by atoms with Gasteiger partial charge in [-0.25, -0.2) is 9.97 Å². The number of hydrogen-bond donors (Lipinski definition) is 2. The van der Waals surface area contributed by atoms with Crippen LogP contribution in [0.4, 0.5) is 11.4 Å². The van der Waals surface area contributed by atoms with Gasteiger partial charge in [0.1, 0.15) is 0 Å². The monoisotopic (exact) mass is 414 g/mol. The summed E-state index contributed by atoms with van der Waals surface area (Å²) in [7, 11) is 0. The summed E-state index contributed by atoms with van der Waals surface area (Å²) in [5.74, 6) is -0.417. The molecule has 0 aliphatic rings. The number of nitrogens with zero attached hydrogens (tertiary/aromatic N) is 2. The summed E-state index contributed by atoms with van der Waals surface area (Å²) in [5, 5.41) is 5.60. The number of nitrogens with one attached hydrogen (secondary N) is 2. The van der Waals surface area contributed by atoms with Crippen molar-refractivity contribution in [3.8, 4) is 0 Å². The number of rotatable bonds is 6. The van der Waals surface area contributed by atoms with Crippen LogP contribution in [0.3, 0.4) is 0 Å². The van der Waals surface area contributed by atoms with E-state index in [-0.39, 0.29) is 17.6 Å². The van der Waals surface area contributed by atoms with E-state index in [4.69, 9.17) is 4.42 Å². The highest BCUT2D eigenvalue weighted by atomic mass is 16.3. The summed E-state index contributed by atoms with van der Waals surface area (Å²) in [6, 6.07) is 15.4. The molecule has 7 heteroatoms. The number of carbonyl (C=O) groups excluding carboxylic acids is 2. The Kier molecular flexibility index (Phi) is 5.75. The summed E-state index contributed by atoms with van der Waals surface area (Å²) < 4.78 is 5.09. The van der Waals surface area contributed by atoms with Gasteiger partial charge >= 0.3 is 0 Å². The number of aryl methyl sites for hydroxylation is 2. The second-order valence-electron chi connectivity index (χ2n) is 6.99. The van der Waals surface area contributed by atoms with E-state index in [9.17, 15) is 9.59 Å². The zero-order valence-electron chi connectivity index (χ0n) is 17.3. The summed E-state index contributed by atoms with van der Waals surface area (Å²) in [5.41, 5.74) is 4.99. The number of amides is 2. The average Bonchev–Trinajstić information content (AvgIpc) is 3.33. The van der Waals surface area contributed by atoms with Crippen molar-refractivity contribution in [2.75, 3.05) is 10.6 Å². The van der Waals surface area contributed by atoms with Crippen molar-refractivity contribution >= 4 is 34.2 Å². The molecule has 2 heterocycles. The lowest BCUT2D eigenvalue weighted by Crippen LogP contribution is -2.14. The summed E-state index contributed by atoms with van der Waals surface area (Å²) >= 11 is 0. The molecule has 0 aliphatic carbocycles. The van der Waals surface area contributed by atoms with Crippen LogP contribution in [0.1, 0.15) is 46.1 Å². The maximum atomic E-state index is 12.8. The fraction of sp³-hybridized carbons (Fsp3) is 0.167. The second kappa shape index (κ2) is 8.79. The largest absolute Gasteiger partial charge is 0.459 e. The van der Waals surface area contributed by atoms with Crippen molar-refractivity contribution in [3.63, 3.8) is 0 Å². The molecule has 0 bridgehead atoms. The van der Waals surface area contributed by atoms with Gasteiger partial charge in [-0.05, 0) is 61.4 Å². The molecule has 2 aromatic carbocycles. The van der Waals surface area contributed by atoms with Crippen LogP contribution < -0.4 is 10.6 Å². The number of aromatic nitrogens is 2. The molecule has 0 unspecified atom stereocenters. The van der Waals surface area contributed by atoms with Gasteiger partial charge in [0.05, 0.1) is 28.7 Å². The Bertz CT molecular complexity index is 1250. The lowest BCUT2D eigenvalue weighted by molar-refractivity contribution is 0.0995. The molecule has 0 atom stereocenters. The topological polar surface area (TPSA) is 97.1 Å². The molecule has 0 saturated carbocycles. The SMILES string of the molecule is CCc1nc2ccc(C(=O)Nc3cccc(NC(=O)c4ccco4)c3)cc2nc1CC. The molecule has 31 heavy (non-hydrogen) atoms. The molecular weight excluding hydrogens is 392 g/mol. The number of fused-ring (bicyclic) bond motifs is 1. The van der Waals surface area contributed by atoms with Crippen LogP contribution in [-0.2, 0) is 12.8 Å². The number of benzene rings is 2. The van der Waals surface area contributed by atoms with Gasteiger partial charge in [-0.3, -0.25) is 9.59 Å². The first-order valence-corrected chi connectivity index (χ1v) is 10.1. The standard InChI is InChI=1S/C24H22N4O3/c1-3-18-19(4-2)28-21-13-15(10-11-20(21)27-18)23(29)25-16-7-5-8-17(14-16)26-24(30)22-9-6-12-31-22/h5-14H,3-4H2,1-2H3,(H,25,29)(H,26,30). The lowest BCUT2D eigenvalue weighted by Gasteiger charge is -2.10. The Morgan fingerprint density at radius 2 is 1.48 bits per heavy atom. The minimum atomic E-state index is -0.361. The van der Waals surface area contributed by atoms with Crippen molar-refractivity contribution < 1.29 is 14.0 Å². The molecule has 4 rings (SSSR count). The van der Waals surface area contributed by atoms with Crippen molar-refractivity contribution in [2.45, 2.75) is 26.7 Å². The molecule has 0 radical (unpaired) electrons. The van der Waals surface area contributed by atoms with E-state index in [0.717, 1.165) is 29.7 Å². The van der Waals surface area contributed by atoms with Crippen LogP contribution in [0, 0.1) is 0 Å². The summed E-state index contributed by atoms with van der Waals surface area (Å²) in [6.07, 6.45) is 3.05. The third kappa shape index (κ3) is 4.45. The number of carbonyl (C=O) groups is 2. The van der Waals surface area contributed by atoms with Crippen molar-refractivity contribution in [2.24, 2.45) is 0 Å². The average molecular weight is 414 g/mol. The second-order valence-corrected chi connectivity index (χ2v) is 6.99. The Labute approximate surface area is 179 Å². The van der Waals surface area contributed by atoms with E-state index >= 15 is 0 Å². The zero-order chi connectivity index (χ0) is 21.8. The third-order valence-corrected chi connectivity index (χ3v) is 4.87. The first-order chi connectivity index (χ1) is 15.1. The van der Waals surface area contributed by atoms with Gasteiger partial charge in [0, 0.05) is 16.9 Å². The highest BCUT2D eigenvalue weighted by Gasteiger charge is 2.12. The molecule has 0 spiro atoms. The number of furan rings is 1. The Morgan fingerprint density at radius 1 is 0.806 bits per heavy atom. The molecule has 7 nitrogen and oxygen atoms in total. The van der Waals surface area contributed by atoms with Crippen molar-refractivity contribution in [3.05, 3.63) is 83.6 Å². The smallest absolute Gasteiger partial charge is 0.291 e. The fourth-order valence-electron chi connectivity index (χ4n) is 3.31. The predicted molar refractivity (Wildman–Crippen MR) is 119 cm³/mol. The van der Waals surface area contributed by atoms with Crippen molar-refractivity contribution in [1.82, 2.24) is 9.97 Å². The van der Waals surface area contributed by atoms with Gasteiger partial charge in [0.2, 0.25) is 0 Å². The van der Waals surface area contributed by atoms with Crippen LogP contribution in [0.15, 0.2) is 65.3 Å². The van der Waals surface area contributed by atoms with Crippen LogP contribution in [0.25, 0.3) is 11.0 Å². The van der Waals surface area contributed by atoms with Crippen LogP contribution in [-0.4, -0.2) is 21.8 Å². The predicted octanol–water partition coefficient (Wildman–Crippen LogP) is 4.85. The summed E-state index contributed by atoms with van der Waals surface area (Å²) in [6.45, 7) is 4.10. The molecule has 156 valence electrons. The van der Waals surface area contributed by atoms with E-state index in [1.807, 2.05) is 13.0 Å². The molecular formula is C24H22N4O3. The highest BCUT2D eigenvalue weighted by molar-refractivity contribution is 6.06. The Balaban J connectivity index is 1.52. The van der Waals surface area contributed by atoms with Crippen LogP contribution in [0.2, 0.25) is 0 Å². The maximum absolute atomic E-state index is 12.8. The minimum absolute atomic E-state index is 0.212. The van der Waals surface area contributed by atoms with E-state index in [2.05, 4.69) is 27.5 Å². The highest BCUT2D eigenvalue weighted by Crippen LogP contribution is 2.20. The number of anilines is 2. The van der Waals surface area contributed by atoms with Gasteiger partial charge in [0.25, 0.3) is 11.8 Å². The molecule has 4 aromatic rings.